The predicted octanol–water partition coefficient (Wildman–Crippen LogP) is 5.29. The summed E-state index contributed by atoms with van der Waals surface area (Å²) in [5, 5.41) is 18.2. The van der Waals surface area contributed by atoms with E-state index in [2.05, 4.69) is 26.0 Å². The van der Waals surface area contributed by atoms with E-state index >= 15 is 0 Å². The fourth-order valence-electron chi connectivity index (χ4n) is 6.57. The van der Waals surface area contributed by atoms with Gasteiger partial charge >= 0.3 is 0 Å². The third kappa shape index (κ3) is 6.10. The van der Waals surface area contributed by atoms with Gasteiger partial charge in [0.15, 0.2) is 11.3 Å². The Hall–Kier alpha value is -3.58. The maximum absolute atomic E-state index is 14.0. The summed E-state index contributed by atoms with van der Waals surface area (Å²) in [4.78, 5) is 30.8. The molecule has 4 aliphatic rings. The smallest absolute Gasteiger partial charge is 0.276 e. The van der Waals surface area contributed by atoms with Crippen LogP contribution in [0.3, 0.4) is 0 Å². The first-order valence-corrected chi connectivity index (χ1v) is 15.1. The van der Waals surface area contributed by atoms with Gasteiger partial charge < -0.3 is 10.6 Å². The molecule has 0 radical (unpaired) electrons. The molecular formula is C29H33F4N7O3. The summed E-state index contributed by atoms with van der Waals surface area (Å²) in [6, 6.07) is 0.831. The normalized spacial score (nSPS) is 23.4. The highest BCUT2D eigenvalue weighted by atomic mass is 19.3. The Morgan fingerprint density at radius 1 is 0.953 bits per heavy atom. The first-order valence-electron chi connectivity index (χ1n) is 15.1. The molecular weight excluding hydrogens is 570 g/mol. The van der Waals surface area contributed by atoms with Crippen molar-refractivity contribution in [3.8, 4) is 0 Å². The average Bonchev–Trinajstić information content (AvgIpc) is 3.87. The van der Waals surface area contributed by atoms with Crippen molar-refractivity contribution in [1.29, 1.82) is 0 Å². The lowest BCUT2D eigenvalue weighted by Gasteiger charge is -2.34. The number of imidazole rings is 1. The van der Waals surface area contributed by atoms with Crippen molar-refractivity contribution in [2.24, 2.45) is 17.8 Å². The molecule has 0 aromatic carbocycles. The van der Waals surface area contributed by atoms with Crippen molar-refractivity contribution in [3.63, 3.8) is 0 Å². The minimum Gasteiger partial charge on any atom is -0.349 e. The largest absolute Gasteiger partial charge is 0.349 e. The number of aromatic nitrogens is 5. The van der Waals surface area contributed by atoms with Crippen LogP contribution in [0.25, 0.3) is 5.65 Å². The van der Waals surface area contributed by atoms with Crippen molar-refractivity contribution < 1.29 is 31.8 Å². The van der Waals surface area contributed by atoms with Crippen LogP contribution >= 0.6 is 0 Å². The summed E-state index contributed by atoms with van der Waals surface area (Å²) in [6.45, 7) is 0. The Morgan fingerprint density at radius 3 is 2.35 bits per heavy atom. The molecule has 10 nitrogen and oxygen atoms in total. The van der Waals surface area contributed by atoms with Gasteiger partial charge in [0.25, 0.3) is 5.91 Å². The molecule has 0 bridgehead atoms. The van der Waals surface area contributed by atoms with E-state index in [1.165, 1.54) is 0 Å². The second-order valence-corrected chi connectivity index (χ2v) is 12.9. The fourth-order valence-corrected chi connectivity index (χ4v) is 6.57. The Labute approximate surface area is 244 Å². The first-order chi connectivity index (χ1) is 20.5. The molecule has 3 heterocycles. The standard InChI is InChI=1S/C29H33F4N7O3/c30-28(31)7-5-18(6-8-28)24(37-27(42)26-25(17-3-4-17)38-43-39-26)20-14-40-21(35-20)10-19(13-34-40)23(16-1-2-16)36-22(41)9-15-11-29(32,33)12-15/h10,13-18,23-24H,1-9,11-12H2,(H,36,41)(H,37,42)/t23-,24+/m1/s1. The van der Waals surface area contributed by atoms with Crippen molar-refractivity contribution in [2.45, 2.75) is 100 Å². The van der Waals surface area contributed by atoms with Crippen molar-refractivity contribution in [2.75, 3.05) is 0 Å². The molecule has 3 aromatic rings. The molecule has 2 N–H and O–H groups in total. The number of hydrogen-bond acceptors (Lipinski definition) is 7. The summed E-state index contributed by atoms with van der Waals surface area (Å²) in [6.07, 6.45) is 6.39. The Kier molecular flexibility index (Phi) is 6.92. The van der Waals surface area contributed by atoms with Gasteiger partial charge in [-0.1, -0.05) is 5.16 Å². The number of carbonyl (C=O) groups is 2. The van der Waals surface area contributed by atoms with Crippen LogP contribution in [0.4, 0.5) is 17.6 Å². The summed E-state index contributed by atoms with van der Waals surface area (Å²) in [7, 11) is 0. The molecule has 4 aliphatic carbocycles. The molecule has 0 aliphatic heterocycles. The molecule has 14 heteroatoms. The third-order valence-electron chi connectivity index (χ3n) is 9.31. The SMILES string of the molecule is O=C(CC1CC(F)(F)C1)N[C@@H](c1cnn2cc([C@@H](NC(=O)c3nonc3C3CC3)C3CCC(F)(F)CC3)nc2c1)C1CC1. The number of amides is 2. The number of carbonyl (C=O) groups excluding carboxylic acids is 2. The second-order valence-electron chi connectivity index (χ2n) is 12.9. The van der Waals surface area contributed by atoms with E-state index in [-0.39, 0.29) is 86.3 Å². The molecule has 3 aromatic heterocycles. The van der Waals surface area contributed by atoms with Gasteiger partial charge in [-0.15, -0.1) is 0 Å². The molecule has 7 rings (SSSR count). The number of nitrogens with one attached hydrogen (secondary N) is 2. The van der Waals surface area contributed by atoms with Crippen LogP contribution in [0.15, 0.2) is 23.1 Å². The molecule has 43 heavy (non-hydrogen) atoms. The predicted molar refractivity (Wildman–Crippen MR) is 142 cm³/mol. The van der Waals surface area contributed by atoms with Gasteiger partial charge in [0.05, 0.1) is 30.2 Å². The lowest BCUT2D eigenvalue weighted by atomic mass is 9.79. The zero-order valence-electron chi connectivity index (χ0n) is 23.4. The van der Waals surface area contributed by atoms with Crippen LogP contribution in [0.1, 0.15) is 116 Å². The van der Waals surface area contributed by atoms with E-state index in [1.54, 1.807) is 16.9 Å². The van der Waals surface area contributed by atoms with Gasteiger partial charge in [-0.05, 0) is 73.1 Å². The molecule has 2 amide bonds. The maximum Gasteiger partial charge on any atom is 0.276 e. The molecule has 2 atom stereocenters. The number of halogens is 4. The highest BCUT2D eigenvalue weighted by molar-refractivity contribution is 5.93. The number of hydrogen-bond donors (Lipinski definition) is 2. The van der Waals surface area contributed by atoms with Gasteiger partial charge in [-0.25, -0.2) is 31.7 Å². The summed E-state index contributed by atoms with van der Waals surface area (Å²) >= 11 is 0. The van der Waals surface area contributed by atoms with Crippen molar-refractivity contribution >= 4 is 17.5 Å². The third-order valence-corrected chi connectivity index (χ3v) is 9.31. The fraction of sp³-hybridized carbons (Fsp3) is 0.655. The lowest BCUT2D eigenvalue weighted by Crippen LogP contribution is -2.39. The highest BCUT2D eigenvalue weighted by Crippen LogP contribution is 2.46. The van der Waals surface area contributed by atoms with E-state index < -0.39 is 23.8 Å². The number of alkyl halides is 4. The Bertz CT molecular complexity index is 1520. The Morgan fingerprint density at radius 2 is 1.67 bits per heavy atom. The maximum atomic E-state index is 14.0. The van der Waals surface area contributed by atoms with Gasteiger partial charge in [-0.2, -0.15) is 5.10 Å². The van der Waals surface area contributed by atoms with Gasteiger partial charge in [-0.3, -0.25) is 9.59 Å². The van der Waals surface area contributed by atoms with Crippen LogP contribution in [0.2, 0.25) is 0 Å². The van der Waals surface area contributed by atoms with Crippen LogP contribution in [0, 0.1) is 17.8 Å². The van der Waals surface area contributed by atoms with Crippen LogP contribution in [-0.4, -0.2) is 48.6 Å². The molecule has 4 fully saturated rings. The van der Waals surface area contributed by atoms with E-state index in [0.717, 1.165) is 31.2 Å². The molecule has 4 saturated carbocycles. The van der Waals surface area contributed by atoms with Gasteiger partial charge in [0.2, 0.25) is 17.8 Å². The Balaban J connectivity index is 1.12. The highest BCUT2D eigenvalue weighted by Gasteiger charge is 2.46. The quantitative estimate of drug-likeness (QED) is 0.302. The minimum absolute atomic E-state index is 0.0628. The van der Waals surface area contributed by atoms with Gasteiger partial charge in [0.1, 0.15) is 5.69 Å². The van der Waals surface area contributed by atoms with Crippen LogP contribution in [0.5, 0.6) is 0 Å². The van der Waals surface area contributed by atoms with Crippen molar-refractivity contribution in [3.05, 3.63) is 41.1 Å². The van der Waals surface area contributed by atoms with E-state index in [0.29, 0.717) is 17.0 Å². The summed E-state index contributed by atoms with van der Waals surface area (Å²) in [5.74, 6) is -6.40. The molecule has 0 unspecified atom stereocenters. The van der Waals surface area contributed by atoms with Crippen molar-refractivity contribution in [1.82, 2.24) is 35.5 Å². The topological polar surface area (TPSA) is 127 Å². The minimum atomic E-state index is -2.74. The number of nitrogens with zero attached hydrogens (tertiary/aromatic N) is 5. The zero-order valence-corrected chi connectivity index (χ0v) is 23.4. The molecule has 230 valence electrons. The summed E-state index contributed by atoms with van der Waals surface area (Å²) in [5.41, 5.74) is 2.32. The number of fused-ring (bicyclic) bond motifs is 1. The first kappa shape index (κ1) is 28.2. The molecule has 0 spiro atoms. The second kappa shape index (κ2) is 10.5. The monoisotopic (exact) mass is 603 g/mol. The summed E-state index contributed by atoms with van der Waals surface area (Å²) < 4.78 is 61.0. The van der Waals surface area contributed by atoms with Crippen LogP contribution in [-0.2, 0) is 4.79 Å². The lowest BCUT2D eigenvalue weighted by molar-refractivity contribution is -0.134. The van der Waals surface area contributed by atoms with E-state index in [4.69, 9.17) is 9.61 Å². The zero-order chi connectivity index (χ0) is 29.9. The van der Waals surface area contributed by atoms with Gasteiger partial charge in [0, 0.05) is 38.0 Å². The number of rotatable bonds is 10. The molecule has 0 saturated heterocycles. The average molecular weight is 604 g/mol. The van der Waals surface area contributed by atoms with Crippen LogP contribution < -0.4 is 10.6 Å². The van der Waals surface area contributed by atoms with E-state index in [9.17, 15) is 27.2 Å². The van der Waals surface area contributed by atoms with E-state index in [1.807, 2.05) is 6.07 Å².